The van der Waals surface area contributed by atoms with E-state index < -0.39 is 52.9 Å². The summed E-state index contributed by atoms with van der Waals surface area (Å²) in [6.07, 6.45) is -4.60. The smallest absolute Gasteiger partial charge is 0.383 e. The van der Waals surface area contributed by atoms with E-state index in [0.29, 0.717) is 51.3 Å². The molecular formula is C31H43F4N7O3. The van der Waals surface area contributed by atoms with E-state index in [1.165, 1.54) is 0 Å². The molecule has 0 fully saturated rings. The predicted octanol–water partition coefficient (Wildman–Crippen LogP) is 2.22. The summed E-state index contributed by atoms with van der Waals surface area (Å²) >= 11 is 0. The van der Waals surface area contributed by atoms with E-state index in [9.17, 15) is 31.9 Å². The highest BCUT2D eigenvalue weighted by Crippen LogP contribution is 2.30. The van der Waals surface area contributed by atoms with Gasteiger partial charge in [0.1, 0.15) is 17.7 Å². The first-order valence-corrected chi connectivity index (χ1v) is 14.9. The van der Waals surface area contributed by atoms with Crippen molar-refractivity contribution in [1.29, 1.82) is 0 Å². The summed E-state index contributed by atoms with van der Waals surface area (Å²) in [7, 11) is 1.77. The summed E-state index contributed by atoms with van der Waals surface area (Å²) in [5.74, 6) is -3.66. The highest BCUT2D eigenvalue weighted by Gasteiger charge is 2.32. The number of rotatable bonds is 18. The third-order valence-electron chi connectivity index (χ3n) is 6.87. The Morgan fingerprint density at radius 3 is 2.29 bits per heavy atom. The number of nitrogens with zero attached hydrogens (tertiary/aromatic N) is 2. The number of carbonyl (C=O) groups is 3. The van der Waals surface area contributed by atoms with E-state index in [1.54, 1.807) is 18.9 Å². The fourth-order valence-corrected chi connectivity index (χ4v) is 4.45. The molecule has 248 valence electrons. The van der Waals surface area contributed by atoms with Crippen molar-refractivity contribution in [2.45, 2.75) is 51.4 Å². The summed E-state index contributed by atoms with van der Waals surface area (Å²) in [5, 5.41) is 11.8. The summed E-state index contributed by atoms with van der Waals surface area (Å²) in [4.78, 5) is 45.4. The van der Waals surface area contributed by atoms with Crippen LogP contribution in [0.1, 0.15) is 43.4 Å². The molecule has 10 nitrogen and oxygen atoms in total. The highest BCUT2D eigenvalue weighted by atomic mass is 19.4. The minimum Gasteiger partial charge on any atom is -0.383 e. The third kappa shape index (κ3) is 12.9. The largest absolute Gasteiger partial charge is 0.416 e. The van der Waals surface area contributed by atoms with Gasteiger partial charge in [-0.1, -0.05) is 44.2 Å². The van der Waals surface area contributed by atoms with Gasteiger partial charge in [0.05, 0.1) is 18.0 Å². The Labute approximate surface area is 261 Å². The molecule has 0 aliphatic heterocycles. The zero-order chi connectivity index (χ0) is 33.4. The third-order valence-corrected chi connectivity index (χ3v) is 6.87. The molecule has 0 radical (unpaired) electrons. The first kappa shape index (κ1) is 37.3. The quantitative estimate of drug-likeness (QED) is 0.0731. The van der Waals surface area contributed by atoms with Gasteiger partial charge in [0.15, 0.2) is 0 Å². The number of alkyl halides is 3. The van der Waals surface area contributed by atoms with E-state index in [-0.39, 0.29) is 18.7 Å². The molecule has 0 saturated heterocycles. The summed E-state index contributed by atoms with van der Waals surface area (Å²) < 4.78 is 53.6. The fourth-order valence-electron chi connectivity index (χ4n) is 4.45. The molecule has 14 heteroatoms. The number of amidine groups is 1. The first-order chi connectivity index (χ1) is 21.4. The van der Waals surface area contributed by atoms with E-state index in [2.05, 4.69) is 26.3 Å². The van der Waals surface area contributed by atoms with Gasteiger partial charge in [0.2, 0.25) is 11.8 Å². The number of aliphatic imine (C=N–C) groups is 1. The molecule has 2 unspecified atom stereocenters. The molecule has 6 N–H and O–H groups in total. The number of hydrogen-bond donors (Lipinski definition) is 5. The van der Waals surface area contributed by atoms with Crippen molar-refractivity contribution in [3.05, 3.63) is 71.0 Å². The minimum atomic E-state index is -4.85. The molecule has 0 aliphatic carbocycles. The van der Waals surface area contributed by atoms with Crippen molar-refractivity contribution in [2.24, 2.45) is 10.7 Å². The van der Waals surface area contributed by atoms with Crippen LogP contribution in [-0.2, 0) is 27.0 Å². The number of hydrogen-bond acceptors (Lipinski definition) is 6. The maximum Gasteiger partial charge on any atom is 0.416 e. The lowest BCUT2D eigenvalue weighted by atomic mass is 10.0. The molecule has 2 aromatic rings. The summed E-state index contributed by atoms with van der Waals surface area (Å²) in [6.45, 7) is 6.83. The van der Waals surface area contributed by atoms with Crippen LogP contribution in [0.5, 0.6) is 0 Å². The van der Waals surface area contributed by atoms with Gasteiger partial charge in [-0.25, -0.2) is 4.39 Å². The normalized spacial score (nSPS) is 13.3. The van der Waals surface area contributed by atoms with E-state index in [1.807, 2.05) is 37.3 Å². The molecule has 2 rings (SSSR count). The standard InChI is InChI=1S/C31H43F4N7O3/c1-4-38-14-16-42(15-13-37-3)27(43)20-26(39-5-2)30(45)40-25(12-11-21-9-7-6-8-10-21)29(44)41-28(36)22-17-23(31(33,34)35)19-24(32)18-22/h6-10,17-19,25-26,37-39H,4-5,11-16,20H2,1-3H3,(H,40,45)(H2,36,41,44). The molecule has 0 aliphatic rings. The van der Waals surface area contributed by atoms with E-state index >= 15 is 0 Å². The second-order valence-corrected chi connectivity index (χ2v) is 10.3. The van der Waals surface area contributed by atoms with Crippen LogP contribution in [0, 0.1) is 5.82 Å². The summed E-state index contributed by atoms with van der Waals surface area (Å²) in [6, 6.07) is 8.53. The second kappa shape index (κ2) is 18.8. The van der Waals surface area contributed by atoms with Gasteiger partial charge in [0.25, 0.3) is 5.91 Å². The molecule has 2 atom stereocenters. The molecular weight excluding hydrogens is 594 g/mol. The number of nitrogens with two attached hydrogens (primary N) is 1. The molecule has 45 heavy (non-hydrogen) atoms. The number of halogens is 4. The number of nitrogens with one attached hydrogen (secondary N) is 4. The van der Waals surface area contributed by atoms with Crippen LogP contribution in [0.15, 0.2) is 53.5 Å². The summed E-state index contributed by atoms with van der Waals surface area (Å²) in [5.41, 5.74) is 5.00. The van der Waals surface area contributed by atoms with Gasteiger partial charge < -0.3 is 31.9 Å². The fraction of sp³-hybridized carbons (Fsp3) is 0.484. The number of likely N-dealkylation sites (N-methyl/N-ethyl adjacent to an activating group) is 3. The van der Waals surface area contributed by atoms with Crippen molar-refractivity contribution in [3.8, 4) is 0 Å². The van der Waals surface area contributed by atoms with Gasteiger partial charge in [-0.15, -0.1) is 0 Å². The van der Waals surface area contributed by atoms with Crippen LogP contribution in [0.3, 0.4) is 0 Å². The van der Waals surface area contributed by atoms with Gasteiger partial charge >= 0.3 is 6.18 Å². The average Bonchev–Trinajstić information content (AvgIpc) is 3.00. The van der Waals surface area contributed by atoms with Crippen molar-refractivity contribution in [1.82, 2.24) is 26.2 Å². The number of aryl methyl sites for hydroxylation is 1. The molecule has 2 aromatic carbocycles. The van der Waals surface area contributed by atoms with Gasteiger partial charge in [-0.05, 0) is 56.7 Å². The minimum absolute atomic E-state index is 0.0755. The lowest BCUT2D eigenvalue weighted by Gasteiger charge is -2.26. The van der Waals surface area contributed by atoms with Gasteiger partial charge in [0, 0.05) is 31.7 Å². The van der Waals surface area contributed by atoms with Crippen LogP contribution in [0.2, 0.25) is 0 Å². The van der Waals surface area contributed by atoms with Crippen molar-refractivity contribution < 1.29 is 31.9 Å². The van der Waals surface area contributed by atoms with Gasteiger partial charge in [-0.2, -0.15) is 18.2 Å². The SMILES string of the molecule is CCNCCN(CCNC)C(=O)CC(NCC)C(=O)NC(CCc1ccccc1)C(=O)N=C(N)c1cc(F)cc(C(F)(F)F)c1. The second-order valence-electron chi connectivity index (χ2n) is 10.3. The molecule has 0 heterocycles. The maximum atomic E-state index is 14.0. The van der Waals surface area contributed by atoms with Crippen molar-refractivity contribution in [2.75, 3.05) is 46.3 Å². The Morgan fingerprint density at radius 1 is 0.978 bits per heavy atom. The molecule has 0 bridgehead atoms. The van der Waals surface area contributed by atoms with E-state index in [4.69, 9.17) is 5.73 Å². The van der Waals surface area contributed by atoms with Gasteiger partial charge in [-0.3, -0.25) is 14.4 Å². The zero-order valence-electron chi connectivity index (χ0n) is 25.8. The van der Waals surface area contributed by atoms with E-state index in [0.717, 1.165) is 18.2 Å². The van der Waals surface area contributed by atoms with Crippen LogP contribution >= 0.6 is 0 Å². The Morgan fingerprint density at radius 2 is 1.67 bits per heavy atom. The Balaban J connectivity index is 2.31. The highest BCUT2D eigenvalue weighted by molar-refractivity contribution is 6.06. The first-order valence-electron chi connectivity index (χ1n) is 14.9. The molecule has 3 amide bonds. The van der Waals surface area contributed by atoms with Crippen LogP contribution in [-0.4, -0.2) is 86.9 Å². The molecule has 0 aromatic heterocycles. The maximum absolute atomic E-state index is 14.0. The number of benzene rings is 2. The molecule has 0 saturated carbocycles. The average molecular weight is 638 g/mol. The number of carbonyl (C=O) groups excluding carboxylic acids is 3. The zero-order valence-corrected chi connectivity index (χ0v) is 25.8. The van der Waals surface area contributed by atoms with Crippen LogP contribution in [0.4, 0.5) is 17.6 Å². The van der Waals surface area contributed by atoms with Crippen LogP contribution in [0.25, 0.3) is 0 Å². The molecule has 0 spiro atoms. The van der Waals surface area contributed by atoms with Crippen molar-refractivity contribution in [3.63, 3.8) is 0 Å². The lowest BCUT2D eigenvalue weighted by Crippen LogP contribution is -2.52. The Kier molecular flexibility index (Phi) is 15.6. The Bertz CT molecular complexity index is 1280. The topological polar surface area (TPSA) is 141 Å². The van der Waals surface area contributed by atoms with Crippen molar-refractivity contribution >= 4 is 23.6 Å². The Hall–Kier alpha value is -3.88. The van der Waals surface area contributed by atoms with Crippen LogP contribution < -0.4 is 27.0 Å². The lowest BCUT2D eigenvalue weighted by molar-refractivity contribution is -0.137. The predicted molar refractivity (Wildman–Crippen MR) is 165 cm³/mol. The monoisotopic (exact) mass is 637 g/mol. The number of amides is 3.